The third-order valence-corrected chi connectivity index (χ3v) is 4.74. The summed E-state index contributed by atoms with van der Waals surface area (Å²) in [4.78, 5) is 9.87. The fourth-order valence-corrected chi connectivity index (χ4v) is 3.25. The van der Waals surface area contributed by atoms with Crippen LogP contribution in [0.1, 0.15) is 5.56 Å². The molecule has 0 bridgehead atoms. The summed E-state index contributed by atoms with van der Waals surface area (Å²) in [6.07, 6.45) is 0. The summed E-state index contributed by atoms with van der Waals surface area (Å²) >= 11 is 5.60. The van der Waals surface area contributed by atoms with Crippen LogP contribution in [0.5, 0.6) is 0 Å². The normalized spacial score (nSPS) is 11.3. The molecule has 0 saturated heterocycles. The molecule has 0 spiro atoms. The Morgan fingerprint density at radius 2 is 1.76 bits per heavy atom. The van der Waals surface area contributed by atoms with Crippen molar-refractivity contribution in [2.45, 2.75) is 10.6 Å². The van der Waals surface area contributed by atoms with Crippen LogP contribution in [0.4, 0.5) is 10.1 Å². The van der Waals surface area contributed by atoms with Gasteiger partial charge >= 0.3 is 0 Å². The first kappa shape index (κ1) is 15.4. The summed E-state index contributed by atoms with van der Waals surface area (Å²) < 4.78 is 37.4. The summed E-state index contributed by atoms with van der Waals surface area (Å²) in [6, 6.07) is 8.21. The van der Waals surface area contributed by atoms with Gasteiger partial charge in [-0.2, -0.15) is 0 Å². The quantitative estimate of drug-likeness (QED) is 0.636. The summed E-state index contributed by atoms with van der Waals surface area (Å²) in [5, 5.41) is 10.4. The predicted octanol–water partition coefficient (Wildman–Crippen LogP) is 3.36. The number of non-ortho nitro benzene ring substituents is 1. The van der Waals surface area contributed by atoms with Crippen molar-refractivity contribution >= 4 is 27.1 Å². The molecule has 21 heavy (non-hydrogen) atoms. The molecule has 0 fully saturated rings. The molecule has 0 aliphatic heterocycles. The first-order valence-corrected chi connectivity index (χ1v) is 7.74. The number of hydrogen-bond acceptors (Lipinski definition) is 4. The largest absolute Gasteiger partial charge is 0.269 e. The predicted molar refractivity (Wildman–Crippen MR) is 75.4 cm³/mol. The van der Waals surface area contributed by atoms with Gasteiger partial charge in [0.25, 0.3) is 5.69 Å². The maximum absolute atomic E-state index is 13.0. The van der Waals surface area contributed by atoms with Gasteiger partial charge in [0.2, 0.25) is 0 Å². The van der Waals surface area contributed by atoms with E-state index in [1.54, 1.807) is 0 Å². The summed E-state index contributed by atoms with van der Waals surface area (Å²) in [7, 11) is -3.69. The third-order valence-electron chi connectivity index (χ3n) is 2.75. The Morgan fingerprint density at radius 1 is 1.14 bits per heavy atom. The monoisotopic (exact) mass is 329 g/mol. The molecule has 0 aliphatic rings. The second-order valence-corrected chi connectivity index (χ2v) is 6.66. The Labute approximate surface area is 125 Å². The summed E-state index contributed by atoms with van der Waals surface area (Å²) in [6.45, 7) is 0. The number of halogens is 2. The lowest BCUT2D eigenvalue weighted by atomic mass is 10.2. The van der Waals surface area contributed by atoms with Crippen LogP contribution in [0.2, 0.25) is 5.02 Å². The van der Waals surface area contributed by atoms with E-state index in [9.17, 15) is 22.9 Å². The second-order valence-electron chi connectivity index (χ2n) is 4.26. The molecule has 0 atom stereocenters. The van der Waals surface area contributed by atoms with Crippen LogP contribution in [0.25, 0.3) is 0 Å². The van der Waals surface area contributed by atoms with Crippen molar-refractivity contribution < 1.29 is 17.7 Å². The highest BCUT2D eigenvalue weighted by atomic mass is 35.5. The maximum atomic E-state index is 13.0. The molecule has 0 unspecified atom stereocenters. The lowest BCUT2D eigenvalue weighted by molar-refractivity contribution is -0.384. The van der Waals surface area contributed by atoms with E-state index >= 15 is 0 Å². The van der Waals surface area contributed by atoms with E-state index in [1.165, 1.54) is 24.3 Å². The Kier molecular flexibility index (Phi) is 4.24. The number of benzene rings is 2. The topological polar surface area (TPSA) is 77.3 Å². The molecule has 0 radical (unpaired) electrons. The SMILES string of the molecule is O=[N+]([O-])c1ccc(S(=O)(=O)Cc2ccc(F)c(Cl)c2)cc1. The molecule has 0 aromatic heterocycles. The Balaban J connectivity index is 2.29. The number of hydrogen-bond donors (Lipinski definition) is 0. The molecular formula is C13H9ClFNO4S. The van der Waals surface area contributed by atoms with Gasteiger partial charge in [-0.15, -0.1) is 0 Å². The third kappa shape index (κ3) is 3.56. The van der Waals surface area contributed by atoms with Gasteiger partial charge in [-0.25, -0.2) is 12.8 Å². The number of sulfone groups is 1. The highest BCUT2D eigenvalue weighted by molar-refractivity contribution is 7.90. The second kappa shape index (κ2) is 5.79. The Hall–Kier alpha value is -1.99. The van der Waals surface area contributed by atoms with Gasteiger partial charge < -0.3 is 0 Å². The molecule has 2 rings (SSSR count). The highest BCUT2D eigenvalue weighted by Crippen LogP contribution is 2.22. The minimum Gasteiger partial charge on any atom is -0.258 e. The van der Waals surface area contributed by atoms with Crippen LogP contribution in [0, 0.1) is 15.9 Å². The molecule has 0 heterocycles. The highest BCUT2D eigenvalue weighted by Gasteiger charge is 2.17. The molecule has 0 N–H and O–H groups in total. The van der Waals surface area contributed by atoms with E-state index in [1.807, 2.05) is 0 Å². The first-order chi connectivity index (χ1) is 9.79. The average Bonchev–Trinajstić information content (AvgIpc) is 2.43. The van der Waals surface area contributed by atoms with E-state index in [4.69, 9.17) is 11.6 Å². The van der Waals surface area contributed by atoms with Crippen LogP contribution in [0.3, 0.4) is 0 Å². The minimum absolute atomic E-state index is 0.0476. The zero-order valence-corrected chi connectivity index (χ0v) is 12.1. The molecule has 2 aromatic rings. The van der Waals surface area contributed by atoms with E-state index in [2.05, 4.69) is 0 Å². The Bertz CT molecular complexity index is 790. The van der Waals surface area contributed by atoms with Crippen molar-refractivity contribution in [1.29, 1.82) is 0 Å². The van der Waals surface area contributed by atoms with Gasteiger partial charge in [-0.05, 0) is 29.8 Å². The molecule has 110 valence electrons. The number of nitrogens with zero attached hydrogens (tertiary/aromatic N) is 1. The van der Waals surface area contributed by atoms with Gasteiger partial charge in [-0.3, -0.25) is 10.1 Å². The number of nitro benzene ring substituents is 1. The molecule has 0 saturated carbocycles. The fourth-order valence-electron chi connectivity index (χ4n) is 1.71. The van der Waals surface area contributed by atoms with Crippen molar-refractivity contribution in [2.75, 3.05) is 0 Å². The first-order valence-electron chi connectivity index (χ1n) is 5.71. The van der Waals surface area contributed by atoms with Crippen LogP contribution >= 0.6 is 11.6 Å². The number of nitro groups is 1. The molecular weight excluding hydrogens is 321 g/mol. The van der Waals surface area contributed by atoms with Gasteiger partial charge in [-0.1, -0.05) is 17.7 Å². The average molecular weight is 330 g/mol. The van der Waals surface area contributed by atoms with Crippen molar-refractivity contribution in [3.8, 4) is 0 Å². The molecule has 5 nitrogen and oxygen atoms in total. The van der Waals surface area contributed by atoms with Gasteiger partial charge in [0, 0.05) is 12.1 Å². The van der Waals surface area contributed by atoms with Crippen LogP contribution in [-0.2, 0) is 15.6 Å². The molecule has 0 aliphatic carbocycles. The van der Waals surface area contributed by atoms with Crippen molar-refractivity contribution in [2.24, 2.45) is 0 Å². The van der Waals surface area contributed by atoms with Crippen molar-refractivity contribution in [3.63, 3.8) is 0 Å². The lowest BCUT2D eigenvalue weighted by Crippen LogP contribution is -2.05. The van der Waals surface area contributed by atoms with E-state index in [-0.39, 0.29) is 21.4 Å². The summed E-state index contributed by atoms with van der Waals surface area (Å²) in [5.74, 6) is -1.00. The smallest absolute Gasteiger partial charge is 0.258 e. The standard InChI is InChI=1S/C13H9ClFNO4S/c14-12-7-9(1-6-13(12)15)8-21(19,20)11-4-2-10(3-5-11)16(17)18/h1-7H,8H2. The number of rotatable bonds is 4. The molecule has 8 heteroatoms. The maximum Gasteiger partial charge on any atom is 0.269 e. The van der Waals surface area contributed by atoms with Gasteiger partial charge in [0.05, 0.1) is 20.6 Å². The van der Waals surface area contributed by atoms with Crippen molar-refractivity contribution in [1.82, 2.24) is 0 Å². The van der Waals surface area contributed by atoms with Crippen LogP contribution in [-0.4, -0.2) is 13.3 Å². The van der Waals surface area contributed by atoms with E-state index in [0.29, 0.717) is 5.56 Å². The zero-order chi connectivity index (χ0) is 15.6. The molecule has 0 amide bonds. The summed E-state index contributed by atoms with van der Waals surface area (Å²) in [5.41, 5.74) is 0.138. The van der Waals surface area contributed by atoms with Gasteiger partial charge in [0.15, 0.2) is 9.84 Å². The van der Waals surface area contributed by atoms with Crippen LogP contribution in [0.15, 0.2) is 47.4 Å². The molecule has 2 aromatic carbocycles. The minimum atomic E-state index is -3.69. The van der Waals surface area contributed by atoms with Gasteiger partial charge in [0.1, 0.15) is 5.82 Å². The van der Waals surface area contributed by atoms with E-state index < -0.39 is 20.6 Å². The van der Waals surface area contributed by atoms with Crippen molar-refractivity contribution in [3.05, 3.63) is 69.0 Å². The lowest BCUT2D eigenvalue weighted by Gasteiger charge is -2.05. The zero-order valence-electron chi connectivity index (χ0n) is 10.5. The van der Waals surface area contributed by atoms with E-state index in [0.717, 1.165) is 18.2 Å². The van der Waals surface area contributed by atoms with Crippen LogP contribution < -0.4 is 0 Å². The Morgan fingerprint density at radius 3 is 2.29 bits per heavy atom. The fraction of sp³-hybridized carbons (Fsp3) is 0.0769.